The topological polar surface area (TPSA) is 41.1 Å². The summed E-state index contributed by atoms with van der Waals surface area (Å²) in [5.41, 5.74) is 2.88. The molecule has 0 saturated carbocycles. The van der Waals surface area contributed by atoms with Crippen molar-refractivity contribution in [2.24, 2.45) is 0 Å². The zero-order valence-electron chi connectivity index (χ0n) is 11.4. The van der Waals surface area contributed by atoms with Gasteiger partial charge in [0.1, 0.15) is 0 Å². The zero-order chi connectivity index (χ0) is 13.2. The molecule has 1 atom stereocenters. The van der Waals surface area contributed by atoms with Crippen LogP contribution in [0.1, 0.15) is 31.9 Å². The lowest BCUT2D eigenvalue weighted by Gasteiger charge is -2.24. The summed E-state index contributed by atoms with van der Waals surface area (Å²) in [7, 11) is 0. The fourth-order valence-corrected chi connectivity index (χ4v) is 2.18. The van der Waals surface area contributed by atoms with Gasteiger partial charge in [0.05, 0.1) is 6.54 Å². The SMILES string of the molecule is CC(C)(C)c1ccc(CC2CNC(=O)CN2)cc1. The second-order valence-electron chi connectivity index (χ2n) is 6.03. The Balaban J connectivity index is 1.96. The summed E-state index contributed by atoms with van der Waals surface area (Å²) in [6.45, 7) is 7.82. The normalized spacial score (nSPS) is 20.6. The highest BCUT2D eigenvalue weighted by molar-refractivity contribution is 5.78. The number of carbonyl (C=O) groups is 1. The van der Waals surface area contributed by atoms with Crippen LogP contribution in [0.3, 0.4) is 0 Å². The molecule has 0 aromatic heterocycles. The van der Waals surface area contributed by atoms with E-state index in [0.717, 1.165) is 13.0 Å². The minimum Gasteiger partial charge on any atom is -0.353 e. The molecule has 1 aliphatic rings. The van der Waals surface area contributed by atoms with Gasteiger partial charge in [-0.05, 0) is 23.0 Å². The molecule has 1 amide bonds. The minimum absolute atomic E-state index is 0.0920. The highest BCUT2D eigenvalue weighted by Crippen LogP contribution is 2.22. The van der Waals surface area contributed by atoms with E-state index in [1.807, 2.05) is 0 Å². The van der Waals surface area contributed by atoms with Crippen LogP contribution in [0.4, 0.5) is 0 Å². The molecule has 0 spiro atoms. The van der Waals surface area contributed by atoms with Crippen molar-refractivity contribution >= 4 is 5.91 Å². The molecule has 0 aliphatic carbocycles. The average Bonchev–Trinajstić information content (AvgIpc) is 2.32. The number of nitrogens with one attached hydrogen (secondary N) is 2. The zero-order valence-corrected chi connectivity index (χ0v) is 11.4. The van der Waals surface area contributed by atoms with E-state index in [1.165, 1.54) is 11.1 Å². The monoisotopic (exact) mass is 246 g/mol. The van der Waals surface area contributed by atoms with E-state index in [-0.39, 0.29) is 11.3 Å². The average molecular weight is 246 g/mol. The lowest BCUT2D eigenvalue weighted by Crippen LogP contribution is -2.52. The van der Waals surface area contributed by atoms with Gasteiger partial charge in [-0.25, -0.2) is 0 Å². The predicted molar refractivity (Wildman–Crippen MR) is 73.6 cm³/mol. The van der Waals surface area contributed by atoms with E-state index in [0.29, 0.717) is 12.6 Å². The summed E-state index contributed by atoms with van der Waals surface area (Å²) < 4.78 is 0. The van der Waals surface area contributed by atoms with E-state index in [1.54, 1.807) is 0 Å². The number of hydrogen-bond donors (Lipinski definition) is 2. The van der Waals surface area contributed by atoms with Gasteiger partial charge in [-0.2, -0.15) is 0 Å². The Morgan fingerprint density at radius 1 is 1.22 bits per heavy atom. The number of carbonyl (C=O) groups excluding carboxylic acids is 1. The summed E-state index contributed by atoms with van der Waals surface area (Å²) in [6.07, 6.45) is 0.963. The van der Waals surface area contributed by atoms with Crippen LogP contribution < -0.4 is 10.6 Å². The van der Waals surface area contributed by atoms with Gasteiger partial charge in [0.2, 0.25) is 5.91 Å². The molecule has 2 N–H and O–H groups in total. The third-order valence-electron chi connectivity index (χ3n) is 3.40. The fraction of sp³-hybridized carbons (Fsp3) is 0.533. The van der Waals surface area contributed by atoms with Gasteiger partial charge in [0.15, 0.2) is 0 Å². The van der Waals surface area contributed by atoms with Crippen molar-refractivity contribution in [1.82, 2.24) is 10.6 Å². The number of benzene rings is 1. The van der Waals surface area contributed by atoms with Crippen LogP contribution in [-0.2, 0) is 16.6 Å². The molecule has 3 heteroatoms. The maximum Gasteiger partial charge on any atom is 0.234 e. The minimum atomic E-state index is 0.0920. The van der Waals surface area contributed by atoms with Crippen molar-refractivity contribution in [3.8, 4) is 0 Å². The molecular weight excluding hydrogens is 224 g/mol. The molecule has 1 heterocycles. The van der Waals surface area contributed by atoms with Crippen LogP contribution in [-0.4, -0.2) is 25.0 Å². The first-order valence-corrected chi connectivity index (χ1v) is 6.54. The van der Waals surface area contributed by atoms with E-state index in [9.17, 15) is 4.79 Å². The third kappa shape index (κ3) is 3.33. The molecule has 1 aromatic rings. The number of piperazine rings is 1. The van der Waals surface area contributed by atoms with E-state index >= 15 is 0 Å². The Bertz CT molecular complexity index is 407. The first-order valence-electron chi connectivity index (χ1n) is 6.54. The smallest absolute Gasteiger partial charge is 0.234 e. The van der Waals surface area contributed by atoms with Crippen LogP contribution in [0.5, 0.6) is 0 Å². The van der Waals surface area contributed by atoms with Crippen LogP contribution in [0.15, 0.2) is 24.3 Å². The molecule has 1 aromatic carbocycles. The molecule has 1 unspecified atom stereocenters. The molecule has 18 heavy (non-hydrogen) atoms. The van der Waals surface area contributed by atoms with Crippen molar-refractivity contribution < 1.29 is 4.79 Å². The highest BCUT2D eigenvalue weighted by atomic mass is 16.2. The molecule has 98 valence electrons. The number of hydrogen-bond acceptors (Lipinski definition) is 2. The van der Waals surface area contributed by atoms with Gasteiger partial charge in [0, 0.05) is 12.6 Å². The van der Waals surface area contributed by atoms with E-state index in [4.69, 9.17) is 0 Å². The van der Waals surface area contributed by atoms with Crippen LogP contribution in [0, 0.1) is 0 Å². The van der Waals surface area contributed by atoms with Crippen molar-refractivity contribution in [3.63, 3.8) is 0 Å². The maximum absolute atomic E-state index is 11.0. The van der Waals surface area contributed by atoms with Gasteiger partial charge in [-0.1, -0.05) is 45.0 Å². The van der Waals surface area contributed by atoms with Gasteiger partial charge in [0.25, 0.3) is 0 Å². The molecule has 1 fully saturated rings. The van der Waals surface area contributed by atoms with Crippen LogP contribution in [0.2, 0.25) is 0 Å². The van der Waals surface area contributed by atoms with Crippen molar-refractivity contribution in [2.45, 2.75) is 38.6 Å². The van der Waals surface area contributed by atoms with Crippen molar-refractivity contribution in [2.75, 3.05) is 13.1 Å². The van der Waals surface area contributed by atoms with Gasteiger partial charge in [-0.15, -0.1) is 0 Å². The number of rotatable bonds is 2. The van der Waals surface area contributed by atoms with E-state index in [2.05, 4.69) is 55.7 Å². The predicted octanol–water partition coefficient (Wildman–Crippen LogP) is 1.61. The largest absolute Gasteiger partial charge is 0.353 e. The molecule has 3 nitrogen and oxygen atoms in total. The summed E-state index contributed by atoms with van der Waals surface area (Å²) >= 11 is 0. The van der Waals surface area contributed by atoms with Crippen LogP contribution >= 0.6 is 0 Å². The second-order valence-corrected chi connectivity index (χ2v) is 6.03. The molecular formula is C15H22N2O. The lowest BCUT2D eigenvalue weighted by atomic mass is 9.86. The quantitative estimate of drug-likeness (QED) is 0.832. The van der Waals surface area contributed by atoms with Crippen molar-refractivity contribution in [1.29, 1.82) is 0 Å². The first kappa shape index (κ1) is 13.1. The molecule has 0 bridgehead atoms. The number of amides is 1. The first-order chi connectivity index (χ1) is 8.45. The third-order valence-corrected chi connectivity index (χ3v) is 3.40. The fourth-order valence-electron chi connectivity index (χ4n) is 2.18. The van der Waals surface area contributed by atoms with Gasteiger partial charge < -0.3 is 10.6 Å². The van der Waals surface area contributed by atoms with Crippen molar-refractivity contribution in [3.05, 3.63) is 35.4 Å². The standard InChI is InChI=1S/C15H22N2O/c1-15(2,3)12-6-4-11(5-7-12)8-13-9-17-14(18)10-16-13/h4-7,13,16H,8-10H2,1-3H3,(H,17,18). The maximum atomic E-state index is 11.0. The van der Waals surface area contributed by atoms with Gasteiger partial charge >= 0.3 is 0 Å². The Morgan fingerprint density at radius 2 is 1.89 bits per heavy atom. The lowest BCUT2D eigenvalue weighted by molar-refractivity contribution is -0.121. The molecule has 0 radical (unpaired) electrons. The van der Waals surface area contributed by atoms with Gasteiger partial charge in [-0.3, -0.25) is 4.79 Å². The summed E-state index contributed by atoms with van der Waals surface area (Å²) in [5.74, 6) is 0.0920. The Morgan fingerprint density at radius 3 is 2.39 bits per heavy atom. The molecule has 2 rings (SSSR count). The Hall–Kier alpha value is -1.35. The molecule has 1 aliphatic heterocycles. The highest BCUT2D eigenvalue weighted by Gasteiger charge is 2.18. The Kier molecular flexibility index (Phi) is 3.71. The summed E-state index contributed by atoms with van der Waals surface area (Å²) in [6, 6.07) is 9.15. The second kappa shape index (κ2) is 5.11. The van der Waals surface area contributed by atoms with E-state index < -0.39 is 0 Å². The summed E-state index contributed by atoms with van der Waals surface area (Å²) in [4.78, 5) is 11.0. The Labute approximate surface area is 109 Å². The summed E-state index contributed by atoms with van der Waals surface area (Å²) in [5, 5.41) is 6.14. The molecule has 1 saturated heterocycles. The van der Waals surface area contributed by atoms with Crippen LogP contribution in [0.25, 0.3) is 0 Å².